The smallest absolute Gasteiger partial charge is 0.270 e. The summed E-state index contributed by atoms with van der Waals surface area (Å²) in [6.45, 7) is 4.76. The van der Waals surface area contributed by atoms with Gasteiger partial charge in [-0.2, -0.15) is 0 Å². The van der Waals surface area contributed by atoms with Gasteiger partial charge in [0.25, 0.3) is 5.91 Å². The fraction of sp³-hybridized carbons (Fsp3) is 0.250. The molecule has 2 aromatic heterocycles. The number of thioether (sulfide) groups is 1. The Morgan fingerprint density at radius 2 is 1.88 bits per heavy atom. The zero-order valence-electron chi connectivity index (χ0n) is 18.1. The van der Waals surface area contributed by atoms with Gasteiger partial charge in [0.05, 0.1) is 5.75 Å². The van der Waals surface area contributed by atoms with Crippen LogP contribution in [0.3, 0.4) is 0 Å². The summed E-state index contributed by atoms with van der Waals surface area (Å²) in [6.07, 6.45) is 1.60. The largest absolute Gasteiger partial charge is 0.351 e. The van der Waals surface area contributed by atoms with Gasteiger partial charge in [-0.3, -0.25) is 9.36 Å². The monoisotopic (exact) mass is 463 g/mol. The van der Waals surface area contributed by atoms with E-state index < -0.39 is 0 Å². The Morgan fingerprint density at radius 3 is 2.62 bits per heavy atom. The Balaban J connectivity index is 1.55. The lowest BCUT2D eigenvalue weighted by atomic mass is 10.1. The maximum absolute atomic E-state index is 12.1. The molecule has 0 bridgehead atoms. The number of rotatable bonds is 9. The molecule has 0 fully saturated rings. The fourth-order valence-corrected chi connectivity index (χ4v) is 4.94. The van der Waals surface area contributed by atoms with Gasteiger partial charge in [0.2, 0.25) is 0 Å². The number of thiazole rings is 1. The van der Waals surface area contributed by atoms with Crippen LogP contribution in [0, 0.1) is 6.92 Å². The number of aromatic nitrogens is 4. The zero-order valence-corrected chi connectivity index (χ0v) is 19.7. The van der Waals surface area contributed by atoms with E-state index in [2.05, 4.69) is 68.4 Å². The number of hydrogen-bond acceptors (Lipinski definition) is 6. The average Bonchev–Trinajstić information content (AvgIpc) is 3.45. The van der Waals surface area contributed by atoms with Gasteiger partial charge < -0.3 is 5.32 Å². The Labute approximate surface area is 196 Å². The highest BCUT2D eigenvalue weighted by atomic mass is 32.2. The zero-order chi connectivity index (χ0) is 22.3. The van der Waals surface area contributed by atoms with E-state index in [1.807, 2.05) is 30.5 Å². The Kier molecular flexibility index (Phi) is 7.34. The van der Waals surface area contributed by atoms with E-state index in [0.29, 0.717) is 24.4 Å². The highest BCUT2D eigenvalue weighted by Gasteiger charge is 2.17. The molecule has 0 saturated heterocycles. The number of carbonyl (C=O) groups excluding carboxylic acids is 1. The van der Waals surface area contributed by atoms with Crippen LogP contribution in [0.25, 0.3) is 5.69 Å². The number of benzene rings is 2. The lowest BCUT2D eigenvalue weighted by Gasteiger charge is -2.10. The molecule has 1 amide bonds. The second-order valence-corrected chi connectivity index (χ2v) is 9.29. The first-order valence-electron chi connectivity index (χ1n) is 10.5. The van der Waals surface area contributed by atoms with Crippen molar-refractivity contribution < 1.29 is 4.79 Å². The molecule has 0 aliphatic rings. The first-order chi connectivity index (χ1) is 15.6. The van der Waals surface area contributed by atoms with Gasteiger partial charge in [-0.1, -0.05) is 66.7 Å². The minimum absolute atomic E-state index is 0.118. The maximum Gasteiger partial charge on any atom is 0.270 e. The van der Waals surface area contributed by atoms with Crippen molar-refractivity contribution in [2.45, 2.75) is 37.6 Å². The molecule has 2 aromatic carbocycles. The summed E-state index contributed by atoms with van der Waals surface area (Å²) in [5.74, 6) is 1.40. The van der Waals surface area contributed by atoms with Crippen LogP contribution in [0.2, 0.25) is 0 Å². The summed E-state index contributed by atoms with van der Waals surface area (Å²) in [6, 6.07) is 18.7. The van der Waals surface area contributed by atoms with Gasteiger partial charge in [-0.15, -0.1) is 21.5 Å². The van der Waals surface area contributed by atoms with Crippen LogP contribution in [-0.2, 0) is 12.2 Å². The van der Waals surface area contributed by atoms with E-state index in [-0.39, 0.29) is 5.91 Å². The number of aryl methyl sites for hydroxylation is 1. The van der Waals surface area contributed by atoms with Gasteiger partial charge in [0.1, 0.15) is 16.5 Å². The lowest BCUT2D eigenvalue weighted by molar-refractivity contribution is 0.0949. The van der Waals surface area contributed by atoms with Crippen LogP contribution in [0.5, 0.6) is 0 Å². The predicted molar refractivity (Wildman–Crippen MR) is 130 cm³/mol. The van der Waals surface area contributed by atoms with Crippen LogP contribution in [0.15, 0.2) is 65.1 Å². The van der Waals surface area contributed by atoms with Gasteiger partial charge in [0, 0.05) is 24.0 Å². The number of nitrogens with zero attached hydrogens (tertiary/aromatic N) is 4. The topological polar surface area (TPSA) is 72.7 Å². The summed E-state index contributed by atoms with van der Waals surface area (Å²) in [5.41, 5.74) is 3.90. The molecule has 0 spiro atoms. The van der Waals surface area contributed by atoms with E-state index >= 15 is 0 Å². The summed E-state index contributed by atoms with van der Waals surface area (Å²) in [4.78, 5) is 16.6. The van der Waals surface area contributed by atoms with E-state index in [1.165, 1.54) is 22.5 Å². The molecule has 0 radical (unpaired) electrons. The standard InChI is InChI=1S/C24H25N5OS2/c1-3-13-25-23(30)20-15-31-22(26-20)16-32-24-28-27-21(14-18-7-5-4-6-8-18)29(24)19-11-9-17(2)10-12-19/h4-12,15H,3,13-14,16H2,1-2H3,(H,25,30). The highest BCUT2D eigenvalue weighted by molar-refractivity contribution is 7.98. The van der Waals surface area contributed by atoms with E-state index in [9.17, 15) is 4.79 Å². The van der Waals surface area contributed by atoms with Crippen LogP contribution >= 0.6 is 23.1 Å². The SMILES string of the molecule is CCCNC(=O)c1csc(CSc2nnc(Cc3ccccc3)n2-c2ccc(C)cc2)n1. The Morgan fingerprint density at radius 1 is 1.09 bits per heavy atom. The van der Waals surface area contributed by atoms with Crippen LogP contribution in [-0.4, -0.2) is 32.2 Å². The quantitative estimate of drug-likeness (QED) is 0.352. The highest BCUT2D eigenvalue weighted by Crippen LogP contribution is 2.27. The average molecular weight is 464 g/mol. The molecule has 2 heterocycles. The third-order valence-electron chi connectivity index (χ3n) is 4.84. The van der Waals surface area contributed by atoms with Gasteiger partial charge in [-0.05, 0) is 31.0 Å². The normalized spacial score (nSPS) is 10.9. The molecule has 32 heavy (non-hydrogen) atoms. The van der Waals surface area contributed by atoms with Crippen molar-refractivity contribution in [2.24, 2.45) is 0 Å². The molecule has 4 aromatic rings. The lowest BCUT2D eigenvalue weighted by Crippen LogP contribution is -2.24. The van der Waals surface area contributed by atoms with Crippen molar-refractivity contribution in [3.63, 3.8) is 0 Å². The summed E-state index contributed by atoms with van der Waals surface area (Å²) in [5, 5.41) is 15.4. The molecule has 1 N–H and O–H groups in total. The van der Waals surface area contributed by atoms with Crippen molar-refractivity contribution in [1.82, 2.24) is 25.1 Å². The molecule has 4 rings (SSSR count). The van der Waals surface area contributed by atoms with Crippen molar-refractivity contribution in [3.8, 4) is 5.69 Å². The molecule has 0 atom stereocenters. The number of nitrogens with one attached hydrogen (secondary N) is 1. The molecule has 0 aliphatic carbocycles. The van der Waals surface area contributed by atoms with Crippen molar-refractivity contribution in [3.05, 3.63) is 87.6 Å². The van der Waals surface area contributed by atoms with E-state index in [4.69, 9.17) is 0 Å². The molecular formula is C24H25N5OS2. The number of amides is 1. The van der Waals surface area contributed by atoms with Crippen LogP contribution in [0.1, 0.15) is 45.8 Å². The van der Waals surface area contributed by atoms with Gasteiger partial charge in [0.15, 0.2) is 5.16 Å². The van der Waals surface area contributed by atoms with Crippen molar-refractivity contribution in [1.29, 1.82) is 0 Å². The predicted octanol–water partition coefficient (Wildman–Crippen LogP) is 5.06. The van der Waals surface area contributed by atoms with Gasteiger partial charge in [-0.25, -0.2) is 4.98 Å². The second kappa shape index (κ2) is 10.6. The first kappa shape index (κ1) is 22.2. The molecule has 164 valence electrons. The maximum atomic E-state index is 12.1. The molecule has 0 unspecified atom stereocenters. The minimum atomic E-state index is -0.118. The Hall–Kier alpha value is -2.97. The molecule has 0 aliphatic heterocycles. The Bertz CT molecular complexity index is 1170. The third-order valence-corrected chi connectivity index (χ3v) is 6.81. The van der Waals surface area contributed by atoms with E-state index in [1.54, 1.807) is 11.8 Å². The van der Waals surface area contributed by atoms with Crippen molar-refractivity contribution in [2.75, 3.05) is 6.54 Å². The van der Waals surface area contributed by atoms with Crippen LogP contribution in [0.4, 0.5) is 0 Å². The fourth-order valence-electron chi connectivity index (χ4n) is 3.18. The number of carbonyl (C=O) groups is 1. The number of hydrogen-bond donors (Lipinski definition) is 1. The molecule has 0 saturated carbocycles. The van der Waals surface area contributed by atoms with Gasteiger partial charge >= 0.3 is 0 Å². The van der Waals surface area contributed by atoms with E-state index in [0.717, 1.165) is 28.1 Å². The molecule has 6 nitrogen and oxygen atoms in total. The van der Waals surface area contributed by atoms with Crippen molar-refractivity contribution >= 4 is 29.0 Å². The second-order valence-electron chi connectivity index (χ2n) is 7.40. The molecule has 8 heteroatoms. The summed E-state index contributed by atoms with van der Waals surface area (Å²) in [7, 11) is 0. The first-order valence-corrected chi connectivity index (χ1v) is 12.4. The molecular weight excluding hydrogens is 438 g/mol. The summed E-state index contributed by atoms with van der Waals surface area (Å²) >= 11 is 3.07. The third kappa shape index (κ3) is 5.44. The minimum Gasteiger partial charge on any atom is -0.351 e. The summed E-state index contributed by atoms with van der Waals surface area (Å²) < 4.78 is 2.11. The van der Waals surface area contributed by atoms with Crippen LogP contribution < -0.4 is 5.32 Å².